The highest BCUT2D eigenvalue weighted by Gasteiger charge is 2.31. The molecule has 0 radical (unpaired) electrons. The van der Waals surface area contributed by atoms with Crippen molar-refractivity contribution < 1.29 is 22.7 Å². The molecule has 3 rings (SSSR count). The molecule has 0 saturated carbocycles. The van der Waals surface area contributed by atoms with E-state index in [1.165, 1.54) is 23.0 Å². The van der Waals surface area contributed by atoms with E-state index in [-0.39, 0.29) is 18.6 Å². The van der Waals surface area contributed by atoms with E-state index < -0.39 is 11.7 Å². The standard InChI is InChI=1S/C19H22F3N5O2/c1-13-23-25-27(24-13)11-15-10-16(19(20,21)22)7-5-14(15)6-8-18(28)26-9-3-4-17(12-26)29-2/h5-8,10,17H,3-4,9,11-12H2,1-2H3. The Balaban J connectivity index is 1.83. The van der Waals surface area contributed by atoms with Crippen molar-refractivity contribution in [1.29, 1.82) is 0 Å². The van der Waals surface area contributed by atoms with Gasteiger partial charge in [0.1, 0.15) is 0 Å². The highest BCUT2D eigenvalue weighted by atomic mass is 19.4. The Morgan fingerprint density at radius 1 is 1.38 bits per heavy atom. The first-order chi connectivity index (χ1) is 13.8. The Kier molecular flexibility index (Phi) is 6.31. The van der Waals surface area contributed by atoms with Gasteiger partial charge in [0, 0.05) is 26.3 Å². The van der Waals surface area contributed by atoms with Crippen LogP contribution in [0.15, 0.2) is 24.3 Å². The van der Waals surface area contributed by atoms with Crippen LogP contribution in [-0.2, 0) is 22.3 Å². The van der Waals surface area contributed by atoms with Gasteiger partial charge in [0.05, 0.1) is 18.2 Å². The molecule has 1 aliphatic rings. The van der Waals surface area contributed by atoms with Crippen LogP contribution >= 0.6 is 0 Å². The lowest BCUT2D eigenvalue weighted by atomic mass is 10.0. The van der Waals surface area contributed by atoms with E-state index >= 15 is 0 Å². The number of alkyl halides is 3. The minimum Gasteiger partial charge on any atom is -0.380 e. The molecule has 0 N–H and O–H groups in total. The minimum absolute atomic E-state index is 0.00404. The van der Waals surface area contributed by atoms with Gasteiger partial charge in [0.25, 0.3) is 0 Å². The number of likely N-dealkylation sites (tertiary alicyclic amines) is 1. The zero-order chi connectivity index (χ0) is 21.0. The Bertz CT molecular complexity index is 894. The van der Waals surface area contributed by atoms with Gasteiger partial charge in [0.15, 0.2) is 5.82 Å². The fraction of sp³-hybridized carbons (Fsp3) is 0.474. The molecule has 7 nitrogen and oxygen atoms in total. The lowest BCUT2D eigenvalue weighted by molar-refractivity contribution is -0.137. The van der Waals surface area contributed by atoms with Crippen molar-refractivity contribution in [2.75, 3.05) is 20.2 Å². The van der Waals surface area contributed by atoms with Crippen molar-refractivity contribution >= 4 is 12.0 Å². The highest BCUT2D eigenvalue weighted by Crippen LogP contribution is 2.31. The Morgan fingerprint density at radius 2 is 2.17 bits per heavy atom. The summed E-state index contributed by atoms with van der Waals surface area (Å²) in [5.74, 6) is 0.217. The third-order valence-electron chi connectivity index (χ3n) is 4.76. The Hall–Kier alpha value is -2.75. The van der Waals surface area contributed by atoms with Gasteiger partial charge >= 0.3 is 6.18 Å². The lowest BCUT2D eigenvalue weighted by Crippen LogP contribution is -2.42. The van der Waals surface area contributed by atoms with Crippen molar-refractivity contribution in [2.45, 2.75) is 38.6 Å². The van der Waals surface area contributed by atoms with Crippen LogP contribution in [0, 0.1) is 6.92 Å². The number of carbonyl (C=O) groups is 1. The second kappa shape index (κ2) is 8.73. The molecule has 1 fully saturated rings. The number of rotatable bonds is 5. The monoisotopic (exact) mass is 409 g/mol. The number of nitrogens with zero attached hydrogens (tertiary/aromatic N) is 5. The first kappa shape index (κ1) is 21.0. The van der Waals surface area contributed by atoms with E-state index in [0.717, 1.165) is 25.0 Å². The van der Waals surface area contributed by atoms with E-state index in [1.54, 1.807) is 18.9 Å². The topological polar surface area (TPSA) is 73.1 Å². The Labute approximate surface area is 166 Å². The number of benzene rings is 1. The number of piperidine rings is 1. The third-order valence-corrected chi connectivity index (χ3v) is 4.76. The minimum atomic E-state index is -4.47. The molecule has 0 spiro atoms. The molecule has 2 aromatic rings. The molecule has 1 unspecified atom stereocenters. The van der Waals surface area contributed by atoms with Gasteiger partial charge in [-0.1, -0.05) is 6.07 Å². The third kappa shape index (κ3) is 5.41. The van der Waals surface area contributed by atoms with Gasteiger partial charge in [-0.05, 0) is 54.3 Å². The largest absolute Gasteiger partial charge is 0.416 e. The first-order valence-corrected chi connectivity index (χ1v) is 9.20. The number of hydrogen-bond donors (Lipinski definition) is 0. The molecule has 1 amide bonds. The number of methoxy groups -OCH3 is 1. The number of ether oxygens (including phenoxy) is 1. The fourth-order valence-electron chi connectivity index (χ4n) is 3.22. The summed E-state index contributed by atoms with van der Waals surface area (Å²) in [7, 11) is 1.61. The number of carbonyl (C=O) groups excluding carboxylic acids is 1. The fourth-order valence-corrected chi connectivity index (χ4v) is 3.22. The van der Waals surface area contributed by atoms with Crippen LogP contribution in [0.1, 0.15) is 35.4 Å². The summed E-state index contributed by atoms with van der Waals surface area (Å²) in [5.41, 5.74) is 0.0584. The quantitative estimate of drug-likeness (QED) is 0.710. The van der Waals surface area contributed by atoms with Gasteiger partial charge in [-0.25, -0.2) is 0 Å². The number of amides is 1. The highest BCUT2D eigenvalue weighted by molar-refractivity contribution is 5.92. The first-order valence-electron chi connectivity index (χ1n) is 9.20. The van der Waals surface area contributed by atoms with Gasteiger partial charge < -0.3 is 9.64 Å². The van der Waals surface area contributed by atoms with E-state index in [1.807, 2.05) is 0 Å². The number of tetrazole rings is 1. The van der Waals surface area contributed by atoms with Crippen LogP contribution in [0.3, 0.4) is 0 Å². The molecule has 0 bridgehead atoms. The summed E-state index contributed by atoms with van der Waals surface area (Å²) in [6, 6.07) is 3.39. The van der Waals surface area contributed by atoms with Crippen LogP contribution in [-0.4, -0.2) is 57.3 Å². The second-order valence-corrected chi connectivity index (χ2v) is 6.90. The summed E-state index contributed by atoms with van der Waals surface area (Å²) in [6.07, 6.45) is 0.187. The second-order valence-electron chi connectivity index (χ2n) is 6.90. The molecule has 1 aromatic carbocycles. The average molecular weight is 409 g/mol. The van der Waals surface area contributed by atoms with E-state index in [2.05, 4.69) is 15.4 Å². The van der Waals surface area contributed by atoms with Crippen molar-refractivity contribution in [3.8, 4) is 0 Å². The molecular formula is C19H22F3N5O2. The maximum atomic E-state index is 13.1. The van der Waals surface area contributed by atoms with E-state index in [0.29, 0.717) is 30.0 Å². The van der Waals surface area contributed by atoms with Crippen LogP contribution < -0.4 is 0 Å². The molecule has 10 heteroatoms. The van der Waals surface area contributed by atoms with Crippen LogP contribution in [0.4, 0.5) is 13.2 Å². The van der Waals surface area contributed by atoms with E-state index in [4.69, 9.17) is 4.74 Å². The van der Waals surface area contributed by atoms with Gasteiger partial charge in [-0.3, -0.25) is 4.79 Å². The number of hydrogen-bond acceptors (Lipinski definition) is 5. The van der Waals surface area contributed by atoms with Crippen molar-refractivity contribution in [3.05, 3.63) is 46.8 Å². The zero-order valence-electron chi connectivity index (χ0n) is 16.2. The maximum absolute atomic E-state index is 13.1. The smallest absolute Gasteiger partial charge is 0.380 e. The number of halogens is 3. The molecule has 1 saturated heterocycles. The molecule has 1 aliphatic heterocycles. The average Bonchev–Trinajstić information content (AvgIpc) is 3.10. The van der Waals surface area contributed by atoms with Crippen LogP contribution in [0.25, 0.3) is 6.08 Å². The van der Waals surface area contributed by atoms with Crippen molar-refractivity contribution in [3.63, 3.8) is 0 Å². The van der Waals surface area contributed by atoms with Crippen LogP contribution in [0.5, 0.6) is 0 Å². The summed E-state index contributed by atoms with van der Waals surface area (Å²) in [6.45, 7) is 2.78. The summed E-state index contributed by atoms with van der Waals surface area (Å²) in [5, 5.41) is 11.6. The number of aryl methyl sites for hydroxylation is 1. The molecule has 2 heterocycles. The van der Waals surface area contributed by atoms with Gasteiger partial charge in [-0.2, -0.15) is 18.0 Å². The SMILES string of the molecule is COC1CCCN(C(=O)C=Cc2ccc(C(F)(F)F)cc2Cn2nnc(C)n2)C1. The van der Waals surface area contributed by atoms with Gasteiger partial charge in [-0.15, -0.1) is 10.2 Å². The van der Waals surface area contributed by atoms with Crippen LogP contribution in [0.2, 0.25) is 0 Å². The van der Waals surface area contributed by atoms with Crippen molar-refractivity contribution in [2.24, 2.45) is 0 Å². The molecule has 1 atom stereocenters. The van der Waals surface area contributed by atoms with Gasteiger partial charge in [0.2, 0.25) is 5.91 Å². The molecule has 0 aliphatic carbocycles. The normalized spacial score (nSPS) is 17.8. The lowest BCUT2D eigenvalue weighted by Gasteiger charge is -2.31. The predicted octanol–water partition coefficient (Wildman–Crippen LogP) is 2.70. The summed E-state index contributed by atoms with van der Waals surface area (Å²) >= 11 is 0. The Morgan fingerprint density at radius 3 is 2.83 bits per heavy atom. The maximum Gasteiger partial charge on any atom is 0.416 e. The zero-order valence-corrected chi connectivity index (χ0v) is 16.2. The molecule has 156 valence electrons. The molecule has 1 aromatic heterocycles. The number of aromatic nitrogens is 4. The summed E-state index contributed by atoms with van der Waals surface area (Å²) in [4.78, 5) is 15.4. The molecular weight excluding hydrogens is 387 g/mol. The molecule has 29 heavy (non-hydrogen) atoms. The summed E-state index contributed by atoms with van der Waals surface area (Å²) < 4.78 is 44.7. The van der Waals surface area contributed by atoms with E-state index in [9.17, 15) is 18.0 Å². The predicted molar refractivity (Wildman–Crippen MR) is 98.7 cm³/mol. The van der Waals surface area contributed by atoms with Crippen molar-refractivity contribution in [1.82, 2.24) is 25.1 Å².